The molecule has 0 aliphatic carbocycles. The lowest BCUT2D eigenvalue weighted by Crippen LogP contribution is -2.31. The Kier molecular flexibility index (Phi) is 7.46. The fourth-order valence-electron chi connectivity index (χ4n) is 1.66. The number of rotatable bonds is 9. The van der Waals surface area contributed by atoms with E-state index in [1.54, 1.807) is 26.4 Å². The van der Waals surface area contributed by atoms with Gasteiger partial charge in [0.25, 0.3) is 5.91 Å². The van der Waals surface area contributed by atoms with Gasteiger partial charge in [0.05, 0.1) is 13.7 Å². The van der Waals surface area contributed by atoms with E-state index in [4.69, 9.17) is 19.9 Å². The van der Waals surface area contributed by atoms with Crippen molar-refractivity contribution in [1.82, 2.24) is 5.32 Å². The Bertz CT molecular complexity index is 424. The first-order valence-electron chi connectivity index (χ1n) is 6.46. The van der Waals surface area contributed by atoms with Crippen LogP contribution in [0.4, 0.5) is 0 Å². The van der Waals surface area contributed by atoms with Crippen LogP contribution in [0, 0.1) is 0 Å². The summed E-state index contributed by atoms with van der Waals surface area (Å²) in [4.78, 5) is 11.5. The van der Waals surface area contributed by atoms with Crippen LogP contribution < -0.4 is 20.5 Å². The predicted octanol–water partition coefficient (Wildman–Crippen LogP) is 0.338. The summed E-state index contributed by atoms with van der Waals surface area (Å²) in [5, 5.41) is 2.69. The lowest BCUT2D eigenvalue weighted by Gasteiger charge is -2.12. The molecule has 0 saturated heterocycles. The Morgan fingerprint density at radius 3 is 2.80 bits per heavy atom. The first-order valence-corrected chi connectivity index (χ1v) is 6.46. The van der Waals surface area contributed by atoms with Crippen molar-refractivity contribution >= 4 is 5.91 Å². The third kappa shape index (κ3) is 5.46. The topological polar surface area (TPSA) is 82.8 Å². The number of nitrogens with two attached hydrogens (primary N) is 1. The monoisotopic (exact) mass is 282 g/mol. The van der Waals surface area contributed by atoms with Crippen LogP contribution in [0.5, 0.6) is 11.5 Å². The zero-order chi connectivity index (χ0) is 14.8. The molecule has 6 heteroatoms. The number of carbonyl (C=O) groups excluding carboxylic acids is 1. The number of benzene rings is 1. The van der Waals surface area contributed by atoms with Crippen molar-refractivity contribution in [2.75, 3.05) is 40.5 Å². The average molecular weight is 282 g/mol. The van der Waals surface area contributed by atoms with Crippen LogP contribution in [0.1, 0.15) is 5.56 Å². The van der Waals surface area contributed by atoms with E-state index in [9.17, 15) is 4.79 Å². The van der Waals surface area contributed by atoms with Gasteiger partial charge < -0.3 is 25.3 Å². The molecule has 20 heavy (non-hydrogen) atoms. The molecule has 112 valence electrons. The molecule has 0 fully saturated rings. The molecule has 3 N–H and O–H groups in total. The summed E-state index contributed by atoms with van der Waals surface area (Å²) in [7, 11) is 3.18. The summed E-state index contributed by atoms with van der Waals surface area (Å²) in [5.41, 5.74) is 6.50. The van der Waals surface area contributed by atoms with Crippen molar-refractivity contribution in [1.29, 1.82) is 0 Å². The quantitative estimate of drug-likeness (QED) is 0.638. The first kappa shape index (κ1) is 16.3. The highest BCUT2D eigenvalue weighted by Crippen LogP contribution is 2.24. The number of nitrogens with one attached hydrogen (secondary N) is 1. The fraction of sp³-hybridized carbons (Fsp3) is 0.500. The summed E-state index contributed by atoms with van der Waals surface area (Å²) < 4.78 is 15.5. The molecule has 1 amide bonds. The van der Waals surface area contributed by atoms with Crippen LogP contribution in [0.15, 0.2) is 18.2 Å². The molecule has 0 saturated carbocycles. The number of hydrogen-bond donors (Lipinski definition) is 2. The third-order valence-corrected chi connectivity index (χ3v) is 2.67. The lowest BCUT2D eigenvalue weighted by atomic mass is 10.1. The maximum Gasteiger partial charge on any atom is 0.258 e. The summed E-state index contributed by atoms with van der Waals surface area (Å²) in [6, 6.07) is 5.44. The Morgan fingerprint density at radius 2 is 2.15 bits per heavy atom. The highest BCUT2D eigenvalue weighted by atomic mass is 16.5. The second kappa shape index (κ2) is 9.17. The Hall–Kier alpha value is -1.79. The highest BCUT2D eigenvalue weighted by molar-refractivity contribution is 5.77. The molecule has 0 radical (unpaired) electrons. The van der Waals surface area contributed by atoms with Crippen LogP contribution in [0.2, 0.25) is 0 Å². The second-order valence-electron chi connectivity index (χ2n) is 4.14. The van der Waals surface area contributed by atoms with Crippen molar-refractivity contribution in [3.05, 3.63) is 23.8 Å². The SMILES string of the molecule is COCCNC(=O)COc1ccc(OC)cc1CCN. The molecular weight excluding hydrogens is 260 g/mol. The standard InChI is InChI=1S/C14H22N2O4/c1-18-8-7-16-14(17)10-20-13-4-3-12(19-2)9-11(13)5-6-15/h3-4,9H,5-8,10,15H2,1-2H3,(H,16,17). The van der Waals surface area contributed by atoms with E-state index in [-0.39, 0.29) is 12.5 Å². The number of methoxy groups -OCH3 is 2. The maximum atomic E-state index is 11.5. The summed E-state index contributed by atoms with van der Waals surface area (Å²) in [6.07, 6.45) is 0.665. The minimum Gasteiger partial charge on any atom is -0.497 e. The molecule has 0 heterocycles. The minimum atomic E-state index is -0.184. The minimum absolute atomic E-state index is 0.0341. The zero-order valence-electron chi connectivity index (χ0n) is 12.0. The van der Waals surface area contributed by atoms with E-state index in [1.807, 2.05) is 6.07 Å². The van der Waals surface area contributed by atoms with E-state index >= 15 is 0 Å². The van der Waals surface area contributed by atoms with E-state index in [1.165, 1.54) is 0 Å². The van der Waals surface area contributed by atoms with E-state index in [0.29, 0.717) is 31.9 Å². The zero-order valence-corrected chi connectivity index (χ0v) is 12.0. The van der Waals surface area contributed by atoms with Crippen molar-refractivity contribution in [2.24, 2.45) is 5.73 Å². The maximum absolute atomic E-state index is 11.5. The van der Waals surface area contributed by atoms with E-state index < -0.39 is 0 Å². The van der Waals surface area contributed by atoms with Gasteiger partial charge >= 0.3 is 0 Å². The lowest BCUT2D eigenvalue weighted by molar-refractivity contribution is -0.123. The van der Waals surface area contributed by atoms with Gasteiger partial charge in [0.1, 0.15) is 11.5 Å². The van der Waals surface area contributed by atoms with Crippen LogP contribution >= 0.6 is 0 Å². The Morgan fingerprint density at radius 1 is 1.35 bits per heavy atom. The molecule has 0 unspecified atom stereocenters. The largest absolute Gasteiger partial charge is 0.497 e. The molecule has 6 nitrogen and oxygen atoms in total. The molecular formula is C14H22N2O4. The molecule has 1 rings (SSSR count). The third-order valence-electron chi connectivity index (χ3n) is 2.67. The van der Waals surface area contributed by atoms with Crippen molar-refractivity contribution in [3.63, 3.8) is 0 Å². The van der Waals surface area contributed by atoms with Gasteiger partial charge in [0.2, 0.25) is 0 Å². The molecule has 1 aromatic rings. The Labute approximate surface area is 119 Å². The van der Waals surface area contributed by atoms with Gasteiger partial charge in [-0.05, 0) is 36.7 Å². The molecule has 0 aromatic heterocycles. The van der Waals surface area contributed by atoms with E-state index in [2.05, 4.69) is 5.32 Å². The van der Waals surface area contributed by atoms with Gasteiger partial charge in [-0.3, -0.25) is 4.79 Å². The molecule has 0 aliphatic rings. The van der Waals surface area contributed by atoms with Crippen molar-refractivity contribution in [3.8, 4) is 11.5 Å². The highest BCUT2D eigenvalue weighted by Gasteiger charge is 2.08. The average Bonchev–Trinajstić information content (AvgIpc) is 2.46. The normalized spacial score (nSPS) is 10.2. The summed E-state index contributed by atoms with van der Waals surface area (Å²) in [5.74, 6) is 1.21. The van der Waals surface area contributed by atoms with Gasteiger partial charge in [-0.25, -0.2) is 0 Å². The van der Waals surface area contributed by atoms with Crippen LogP contribution in [0.3, 0.4) is 0 Å². The van der Waals surface area contributed by atoms with Gasteiger partial charge in [-0.2, -0.15) is 0 Å². The van der Waals surface area contributed by atoms with Crippen LogP contribution in [0.25, 0.3) is 0 Å². The van der Waals surface area contributed by atoms with Gasteiger partial charge in [0, 0.05) is 13.7 Å². The second-order valence-corrected chi connectivity index (χ2v) is 4.14. The summed E-state index contributed by atoms with van der Waals surface area (Å²) >= 11 is 0. The van der Waals surface area contributed by atoms with Gasteiger partial charge in [-0.15, -0.1) is 0 Å². The van der Waals surface area contributed by atoms with Crippen LogP contribution in [-0.4, -0.2) is 46.4 Å². The molecule has 0 aliphatic heterocycles. The van der Waals surface area contributed by atoms with E-state index in [0.717, 1.165) is 11.3 Å². The predicted molar refractivity (Wildman–Crippen MR) is 76.1 cm³/mol. The molecule has 0 atom stereocenters. The molecule has 1 aromatic carbocycles. The van der Waals surface area contributed by atoms with Crippen molar-refractivity contribution < 1.29 is 19.0 Å². The fourth-order valence-corrected chi connectivity index (χ4v) is 1.66. The number of hydrogen-bond acceptors (Lipinski definition) is 5. The summed E-state index contributed by atoms with van der Waals surface area (Å²) in [6.45, 7) is 1.42. The number of carbonyl (C=O) groups is 1. The Balaban J connectivity index is 2.55. The number of amides is 1. The first-order chi connectivity index (χ1) is 9.71. The molecule has 0 spiro atoms. The smallest absolute Gasteiger partial charge is 0.258 e. The van der Waals surface area contributed by atoms with Crippen LogP contribution in [-0.2, 0) is 16.0 Å². The van der Waals surface area contributed by atoms with Crippen molar-refractivity contribution in [2.45, 2.75) is 6.42 Å². The van der Waals surface area contributed by atoms with Gasteiger partial charge in [-0.1, -0.05) is 0 Å². The molecule has 0 bridgehead atoms. The number of ether oxygens (including phenoxy) is 3. The van der Waals surface area contributed by atoms with Gasteiger partial charge in [0.15, 0.2) is 6.61 Å².